The van der Waals surface area contributed by atoms with Gasteiger partial charge in [0.1, 0.15) is 5.75 Å². The fraction of sp³-hybridized carbons (Fsp3) is 0.684. The van der Waals surface area contributed by atoms with Crippen LogP contribution in [0.5, 0.6) is 5.75 Å². The number of rotatable bonds is 11. The molecule has 0 bridgehead atoms. The second-order valence-electron chi connectivity index (χ2n) is 5.91. The first-order chi connectivity index (χ1) is 10.2. The quantitative estimate of drug-likeness (QED) is 0.551. The molecular formula is C19H33NO. The van der Waals surface area contributed by atoms with Crippen molar-refractivity contribution in [3.8, 4) is 5.75 Å². The summed E-state index contributed by atoms with van der Waals surface area (Å²) in [7, 11) is 1.77. The van der Waals surface area contributed by atoms with Crippen LogP contribution in [0.1, 0.15) is 76.0 Å². The maximum atomic E-state index is 5.57. The lowest BCUT2D eigenvalue weighted by molar-refractivity contribution is 0.392. The molecule has 1 rings (SSSR count). The molecule has 1 atom stereocenters. The summed E-state index contributed by atoms with van der Waals surface area (Å²) >= 11 is 0. The van der Waals surface area contributed by atoms with Crippen molar-refractivity contribution in [2.24, 2.45) is 0 Å². The molecule has 0 aromatic heterocycles. The highest BCUT2D eigenvalue weighted by atomic mass is 16.5. The normalized spacial score (nSPS) is 12.4. The summed E-state index contributed by atoms with van der Waals surface area (Å²) < 4.78 is 5.57. The van der Waals surface area contributed by atoms with Crippen LogP contribution in [0.25, 0.3) is 0 Å². The largest absolute Gasteiger partial charge is 0.496 e. The lowest BCUT2D eigenvalue weighted by Crippen LogP contribution is -2.21. The van der Waals surface area contributed by atoms with Gasteiger partial charge in [0, 0.05) is 11.6 Å². The molecule has 1 aromatic carbocycles. The van der Waals surface area contributed by atoms with Gasteiger partial charge in [-0.2, -0.15) is 0 Å². The first kappa shape index (κ1) is 18.0. The van der Waals surface area contributed by atoms with E-state index in [1.165, 1.54) is 56.1 Å². The average Bonchev–Trinajstić information content (AvgIpc) is 2.49. The average molecular weight is 291 g/mol. The van der Waals surface area contributed by atoms with Crippen molar-refractivity contribution in [2.75, 3.05) is 13.7 Å². The molecule has 0 saturated heterocycles. The molecule has 0 aliphatic heterocycles. The third kappa shape index (κ3) is 6.52. The molecule has 1 aromatic rings. The maximum absolute atomic E-state index is 5.57. The van der Waals surface area contributed by atoms with Crippen molar-refractivity contribution in [3.63, 3.8) is 0 Å². The Morgan fingerprint density at radius 3 is 2.43 bits per heavy atom. The molecule has 2 nitrogen and oxygen atoms in total. The topological polar surface area (TPSA) is 21.3 Å². The predicted molar refractivity (Wildman–Crippen MR) is 92.1 cm³/mol. The van der Waals surface area contributed by atoms with Gasteiger partial charge in [0.15, 0.2) is 0 Å². The Bertz CT molecular complexity index is 389. The summed E-state index contributed by atoms with van der Waals surface area (Å²) in [5, 5.41) is 3.62. The van der Waals surface area contributed by atoms with Crippen LogP contribution in [0.4, 0.5) is 0 Å². The third-order valence-electron chi connectivity index (χ3n) is 4.06. The van der Waals surface area contributed by atoms with Crippen LogP contribution in [0.3, 0.4) is 0 Å². The van der Waals surface area contributed by atoms with Gasteiger partial charge in [0.05, 0.1) is 7.11 Å². The van der Waals surface area contributed by atoms with Crippen molar-refractivity contribution < 1.29 is 4.74 Å². The minimum absolute atomic E-state index is 0.414. The van der Waals surface area contributed by atoms with E-state index in [0.717, 1.165) is 12.3 Å². The molecule has 0 amide bonds. The summed E-state index contributed by atoms with van der Waals surface area (Å²) in [6.07, 6.45) is 9.28. The van der Waals surface area contributed by atoms with Crippen LogP contribution < -0.4 is 10.1 Å². The molecule has 0 aliphatic carbocycles. The van der Waals surface area contributed by atoms with Crippen molar-refractivity contribution in [3.05, 3.63) is 29.3 Å². The van der Waals surface area contributed by atoms with Gasteiger partial charge in [-0.1, -0.05) is 64.5 Å². The fourth-order valence-electron chi connectivity index (χ4n) is 2.85. The van der Waals surface area contributed by atoms with E-state index in [1.54, 1.807) is 7.11 Å². The van der Waals surface area contributed by atoms with E-state index in [-0.39, 0.29) is 0 Å². The highest BCUT2D eigenvalue weighted by molar-refractivity contribution is 5.39. The van der Waals surface area contributed by atoms with Crippen LogP contribution >= 0.6 is 0 Å². The van der Waals surface area contributed by atoms with Gasteiger partial charge in [-0.25, -0.2) is 0 Å². The van der Waals surface area contributed by atoms with Gasteiger partial charge in [0.25, 0.3) is 0 Å². The maximum Gasteiger partial charge on any atom is 0.123 e. The molecule has 0 spiro atoms. The molecule has 0 aliphatic rings. The Balaban J connectivity index is 2.56. The summed E-state index contributed by atoms with van der Waals surface area (Å²) in [5.41, 5.74) is 2.56. The van der Waals surface area contributed by atoms with Crippen molar-refractivity contribution >= 4 is 0 Å². The van der Waals surface area contributed by atoms with Crippen LogP contribution in [0, 0.1) is 6.92 Å². The second-order valence-corrected chi connectivity index (χ2v) is 5.91. The number of ether oxygens (including phenoxy) is 1. The first-order valence-electron chi connectivity index (χ1n) is 8.60. The Labute approximate surface area is 131 Å². The Kier molecular flexibility index (Phi) is 9.16. The number of benzene rings is 1. The molecular weight excluding hydrogens is 258 g/mol. The molecule has 0 saturated carbocycles. The van der Waals surface area contributed by atoms with Crippen LogP contribution in [-0.4, -0.2) is 13.7 Å². The fourth-order valence-corrected chi connectivity index (χ4v) is 2.85. The van der Waals surface area contributed by atoms with E-state index < -0.39 is 0 Å². The van der Waals surface area contributed by atoms with Gasteiger partial charge < -0.3 is 10.1 Å². The summed E-state index contributed by atoms with van der Waals surface area (Å²) in [6.45, 7) is 7.56. The molecule has 2 heteroatoms. The minimum Gasteiger partial charge on any atom is -0.496 e. The molecule has 21 heavy (non-hydrogen) atoms. The smallest absolute Gasteiger partial charge is 0.123 e. The zero-order chi connectivity index (χ0) is 15.5. The van der Waals surface area contributed by atoms with Gasteiger partial charge in [0.2, 0.25) is 0 Å². The van der Waals surface area contributed by atoms with E-state index in [2.05, 4.69) is 44.3 Å². The van der Waals surface area contributed by atoms with E-state index >= 15 is 0 Å². The number of aryl methyl sites for hydroxylation is 1. The Hall–Kier alpha value is -1.02. The highest BCUT2D eigenvalue weighted by Gasteiger charge is 2.14. The molecule has 0 heterocycles. The van der Waals surface area contributed by atoms with Gasteiger partial charge >= 0.3 is 0 Å². The van der Waals surface area contributed by atoms with Crippen molar-refractivity contribution in [1.29, 1.82) is 0 Å². The van der Waals surface area contributed by atoms with Crippen molar-refractivity contribution in [1.82, 2.24) is 5.32 Å². The lowest BCUT2D eigenvalue weighted by atomic mass is 9.97. The molecule has 0 fully saturated rings. The van der Waals surface area contributed by atoms with Crippen LogP contribution in [-0.2, 0) is 0 Å². The minimum atomic E-state index is 0.414. The number of hydrogen-bond donors (Lipinski definition) is 1. The van der Waals surface area contributed by atoms with Crippen LogP contribution in [0.2, 0.25) is 0 Å². The summed E-state index contributed by atoms with van der Waals surface area (Å²) in [4.78, 5) is 0. The summed E-state index contributed by atoms with van der Waals surface area (Å²) in [6, 6.07) is 6.96. The molecule has 1 N–H and O–H groups in total. The highest BCUT2D eigenvalue weighted by Crippen LogP contribution is 2.29. The van der Waals surface area contributed by atoms with Crippen molar-refractivity contribution in [2.45, 2.75) is 71.8 Å². The van der Waals surface area contributed by atoms with Gasteiger partial charge in [-0.05, 0) is 31.5 Å². The van der Waals surface area contributed by atoms with Gasteiger partial charge in [-0.3, -0.25) is 0 Å². The van der Waals surface area contributed by atoms with Gasteiger partial charge in [-0.15, -0.1) is 0 Å². The third-order valence-corrected chi connectivity index (χ3v) is 4.06. The molecule has 0 radical (unpaired) electrons. The zero-order valence-electron chi connectivity index (χ0n) is 14.4. The number of unbranched alkanes of at least 4 members (excludes halogenated alkanes) is 5. The Morgan fingerprint density at radius 1 is 1.05 bits per heavy atom. The summed E-state index contributed by atoms with van der Waals surface area (Å²) in [5.74, 6) is 1.02. The van der Waals surface area contributed by atoms with E-state index in [1.807, 2.05) is 0 Å². The number of nitrogens with one attached hydrogen (secondary N) is 1. The number of hydrogen-bond acceptors (Lipinski definition) is 2. The SMILES string of the molecule is CCCCCCCCC(NCC)c1ccc(C)cc1OC. The lowest BCUT2D eigenvalue weighted by Gasteiger charge is -2.21. The number of methoxy groups -OCH3 is 1. The van der Waals surface area contributed by atoms with E-state index in [4.69, 9.17) is 4.74 Å². The molecule has 1 unspecified atom stereocenters. The van der Waals surface area contributed by atoms with E-state index in [9.17, 15) is 0 Å². The first-order valence-corrected chi connectivity index (χ1v) is 8.60. The second kappa shape index (κ2) is 10.7. The Morgan fingerprint density at radius 2 is 1.76 bits per heavy atom. The molecule has 120 valence electrons. The monoisotopic (exact) mass is 291 g/mol. The van der Waals surface area contributed by atoms with Crippen LogP contribution in [0.15, 0.2) is 18.2 Å². The standard InChI is InChI=1S/C19H33NO/c1-5-7-8-9-10-11-12-18(20-6-2)17-14-13-16(3)15-19(17)21-4/h13-15,18,20H,5-12H2,1-4H3. The zero-order valence-corrected chi connectivity index (χ0v) is 14.4. The predicted octanol–water partition coefficient (Wildman–Crippen LogP) is 5.40. The van der Waals surface area contributed by atoms with E-state index in [0.29, 0.717) is 6.04 Å².